The highest BCUT2D eigenvalue weighted by Gasteiger charge is 2.20. The fourth-order valence-electron chi connectivity index (χ4n) is 2.41. The molecule has 20 heavy (non-hydrogen) atoms. The fourth-order valence-corrected chi connectivity index (χ4v) is 2.41. The van der Waals surface area contributed by atoms with Crippen LogP contribution in [-0.2, 0) is 0 Å². The monoisotopic (exact) mass is 277 g/mol. The highest BCUT2D eigenvalue weighted by molar-refractivity contribution is 5.96. The van der Waals surface area contributed by atoms with Gasteiger partial charge in [0, 0.05) is 56.3 Å². The molecule has 1 aliphatic rings. The molecule has 0 amide bonds. The zero-order chi connectivity index (χ0) is 14.5. The van der Waals surface area contributed by atoms with Crippen LogP contribution in [0.3, 0.4) is 0 Å². The van der Waals surface area contributed by atoms with Crippen LogP contribution in [0.25, 0.3) is 0 Å². The number of hydrogen-bond donors (Lipinski definition) is 1. The third kappa shape index (κ3) is 3.61. The number of nitrogens with zero attached hydrogens (tertiary/aromatic N) is 2. The summed E-state index contributed by atoms with van der Waals surface area (Å²) in [5.74, 6) is 0.0333. The smallest absolute Gasteiger partial charge is 0.269 e. The summed E-state index contributed by atoms with van der Waals surface area (Å²) < 4.78 is 0. The number of hydrogen-bond acceptors (Lipinski definition) is 5. The van der Waals surface area contributed by atoms with Gasteiger partial charge in [-0.25, -0.2) is 0 Å². The average Bonchev–Trinajstić information content (AvgIpc) is 2.48. The van der Waals surface area contributed by atoms with Gasteiger partial charge in [-0.1, -0.05) is 0 Å². The number of Topliss-reactive ketones (excluding diaryl/α,β-unsaturated/α-hetero) is 1. The molecule has 1 N–H and O–H groups in total. The summed E-state index contributed by atoms with van der Waals surface area (Å²) in [4.78, 5) is 24.6. The predicted octanol–water partition coefficient (Wildman–Crippen LogP) is 1.46. The van der Waals surface area contributed by atoms with Crippen LogP contribution >= 0.6 is 0 Å². The van der Waals surface area contributed by atoms with Gasteiger partial charge in [0.2, 0.25) is 0 Å². The van der Waals surface area contributed by atoms with Crippen molar-refractivity contribution in [3.63, 3.8) is 0 Å². The Kier molecular flexibility index (Phi) is 4.81. The van der Waals surface area contributed by atoms with Crippen LogP contribution in [0.1, 0.15) is 23.7 Å². The molecule has 0 saturated carbocycles. The molecule has 108 valence electrons. The van der Waals surface area contributed by atoms with Crippen molar-refractivity contribution in [3.8, 4) is 0 Å². The molecule has 1 fully saturated rings. The number of nitrogens with one attached hydrogen (secondary N) is 1. The summed E-state index contributed by atoms with van der Waals surface area (Å²) >= 11 is 0. The molecule has 6 heteroatoms. The second-order valence-electron chi connectivity index (χ2n) is 5.07. The fraction of sp³-hybridized carbons (Fsp3) is 0.500. The Morgan fingerprint density at radius 2 is 1.95 bits per heavy atom. The minimum atomic E-state index is -0.461. The van der Waals surface area contributed by atoms with Crippen molar-refractivity contribution in [1.29, 1.82) is 0 Å². The zero-order valence-corrected chi connectivity index (χ0v) is 11.5. The first kappa shape index (κ1) is 14.6. The largest absolute Gasteiger partial charge is 0.314 e. The average molecular weight is 277 g/mol. The Morgan fingerprint density at radius 1 is 1.35 bits per heavy atom. The SMILES string of the molecule is CC(CC(=O)c1ccc([N+](=O)[O-])cc1)N1CCNCC1. The number of benzene rings is 1. The molecule has 0 aromatic heterocycles. The Hall–Kier alpha value is -1.79. The maximum absolute atomic E-state index is 12.2. The highest BCUT2D eigenvalue weighted by Crippen LogP contribution is 2.15. The van der Waals surface area contributed by atoms with E-state index in [-0.39, 0.29) is 17.5 Å². The van der Waals surface area contributed by atoms with Crippen LogP contribution in [0.4, 0.5) is 5.69 Å². The first-order chi connectivity index (χ1) is 9.58. The molecular weight excluding hydrogens is 258 g/mol. The molecule has 1 atom stereocenters. The first-order valence-corrected chi connectivity index (χ1v) is 6.80. The van der Waals surface area contributed by atoms with Gasteiger partial charge in [-0.05, 0) is 19.1 Å². The van der Waals surface area contributed by atoms with Gasteiger partial charge < -0.3 is 5.32 Å². The maximum Gasteiger partial charge on any atom is 0.269 e. The van der Waals surface area contributed by atoms with Crippen LogP contribution in [0.15, 0.2) is 24.3 Å². The number of piperazine rings is 1. The van der Waals surface area contributed by atoms with Crippen molar-refractivity contribution in [2.45, 2.75) is 19.4 Å². The van der Waals surface area contributed by atoms with E-state index in [0.717, 1.165) is 26.2 Å². The lowest BCUT2D eigenvalue weighted by Gasteiger charge is -2.32. The van der Waals surface area contributed by atoms with E-state index in [4.69, 9.17) is 0 Å². The van der Waals surface area contributed by atoms with Gasteiger partial charge in [0.05, 0.1) is 4.92 Å². The lowest BCUT2D eigenvalue weighted by atomic mass is 10.0. The molecule has 1 aromatic rings. The maximum atomic E-state index is 12.2. The molecule has 0 spiro atoms. The number of ketones is 1. The Morgan fingerprint density at radius 3 is 2.50 bits per heavy atom. The summed E-state index contributed by atoms with van der Waals surface area (Å²) in [7, 11) is 0. The quantitative estimate of drug-likeness (QED) is 0.501. The minimum absolute atomic E-state index is 0.0108. The van der Waals surface area contributed by atoms with Gasteiger partial charge in [-0.3, -0.25) is 19.8 Å². The van der Waals surface area contributed by atoms with Gasteiger partial charge in [-0.2, -0.15) is 0 Å². The van der Waals surface area contributed by atoms with E-state index in [1.165, 1.54) is 24.3 Å². The summed E-state index contributed by atoms with van der Waals surface area (Å²) in [5, 5.41) is 13.9. The number of non-ortho nitro benzene ring substituents is 1. The van der Waals surface area contributed by atoms with Crippen LogP contribution in [0.5, 0.6) is 0 Å². The third-order valence-corrected chi connectivity index (χ3v) is 3.66. The second-order valence-corrected chi connectivity index (χ2v) is 5.07. The van der Waals surface area contributed by atoms with E-state index in [1.54, 1.807) is 0 Å². The summed E-state index contributed by atoms with van der Waals surface area (Å²) in [6, 6.07) is 6.02. The van der Waals surface area contributed by atoms with Crippen LogP contribution in [-0.4, -0.2) is 47.8 Å². The Balaban J connectivity index is 1.95. The normalized spacial score (nSPS) is 17.6. The van der Waals surface area contributed by atoms with E-state index in [9.17, 15) is 14.9 Å². The van der Waals surface area contributed by atoms with Crippen molar-refractivity contribution in [2.24, 2.45) is 0 Å². The number of carbonyl (C=O) groups excluding carboxylic acids is 1. The zero-order valence-electron chi connectivity index (χ0n) is 11.5. The van der Waals surface area contributed by atoms with Gasteiger partial charge in [0.15, 0.2) is 5.78 Å². The molecule has 0 aliphatic carbocycles. The summed E-state index contributed by atoms with van der Waals surface area (Å²) in [5.41, 5.74) is 0.550. The number of nitro groups is 1. The lowest BCUT2D eigenvalue weighted by molar-refractivity contribution is -0.384. The van der Waals surface area contributed by atoms with E-state index in [1.807, 2.05) is 0 Å². The van der Waals surface area contributed by atoms with E-state index in [0.29, 0.717) is 12.0 Å². The number of rotatable bonds is 5. The molecular formula is C14H19N3O3. The molecule has 1 aromatic carbocycles. The van der Waals surface area contributed by atoms with Crippen molar-refractivity contribution >= 4 is 11.5 Å². The first-order valence-electron chi connectivity index (χ1n) is 6.80. The van der Waals surface area contributed by atoms with Gasteiger partial charge in [-0.15, -0.1) is 0 Å². The molecule has 1 aliphatic heterocycles. The topological polar surface area (TPSA) is 75.5 Å². The van der Waals surface area contributed by atoms with Gasteiger partial charge in [0.25, 0.3) is 5.69 Å². The number of nitro benzene ring substituents is 1. The van der Waals surface area contributed by atoms with Crippen molar-refractivity contribution in [3.05, 3.63) is 39.9 Å². The predicted molar refractivity (Wildman–Crippen MR) is 75.9 cm³/mol. The number of carbonyl (C=O) groups is 1. The van der Waals surface area contributed by atoms with Gasteiger partial charge in [0.1, 0.15) is 0 Å². The van der Waals surface area contributed by atoms with Crippen LogP contribution in [0, 0.1) is 10.1 Å². The van der Waals surface area contributed by atoms with Crippen molar-refractivity contribution in [2.75, 3.05) is 26.2 Å². The van der Waals surface area contributed by atoms with Gasteiger partial charge >= 0.3 is 0 Å². The standard InChI is InChI=1S/C14H19N3O3/c1-11(16-8-6-15-7-9-16)10-14(18)12-2-4-13(5-3-12)17(19)20/h2-5,11,15H,6-10H2,1H3. The van der Waals surface area contributed by atoms with Crippen LogP contribution < -0.4 is 5.32 Å². The summed E-state index contributed by atoms with van der Waals surface area (Å²) in [6.07, 6.45) is 0.442. The second kappa shape index (κ2) is 6.58. The molecule has 2 rings (SSSR count). The summed E-state index contributed by atoms with van der Waals surface area (Å²) in [6.45, 7) is 5.87. The molecule has 1 unspecified atom stereocenters. The van der Waals surface area contributed by atoms with Crippen LogP contribution in [0.2, 0.25) is 0 Å². The van der Waals surface area contributed by atoms with Crippen molar-refractivity contribution in [1.82, 2.24) is 10.2 Å². The molecule has 6 nitrogen and oxygen atoms in total. The van der Waals surface area contributed by atoms with E-state index < -0.39 is 4.92 Å². The molecule has 1 heterocycles. The Labute approximate surface area is 117 Å². The van der Waals surface area contributed by atoms with Crippen molar-refractivity contribution < 1.29 is 9.72 Å². The lowest BCUT2D eigenvalue weighted by Crippen LogP contribution is -2.48. The molecule has 0 radical (unpaired) electrons. The highest BCUT2D eigenvalue weighted by atomic mass is 16.6. The van der Waals surface area contributed by atoms with E-state index in [2.05, 4.69) is 17.1 Å². The van der Waals surface area contributed by atoms with E-state index >= 15 is 0 Å². The molecule has 1 saturated heterocycles. The molecule has 0 bridgehead atoms. The minimum Gasteiger partial charge on any atom is -0.314 e. The third-order valence-electron chi connectivity index (χ3n) is 3.66. The Bertz CT molecular complexity index is 481.